The second-order valence-electron chi connectivity index (χ2n) is 5.37. The molecule has 1 heterocycles. The zero-order chi connectivity index (χ0) is 14.4. The molecule has 0 amide bonds. The van der Waals surface area contributed by atoms with Crippen molar-refractivity contribution in [2.24, 2.45) is 0 Å². The van der Waals surface area contributed by atoms with Crippen molar-refractivity contribution >= 4 is 0 Å². The smallest absolute Gasteiger partial charge is 0.161 e. The van der Waals surface area contributed by atoms with Crippen molar-refractivity contribution in [1.29, 1.82) is 0 Å². The summed E-state index contributed by atoms with van der Waals surface area (Å²) in [5, 5.41) is 3.54. The van der Waals surface area contributed by atoms with E-state index in [-0.39, 0.29) is 0 Å². The van der Waals surface area contributed by atoms with Crippen LogP contribution in [0.3, 0.4) is 0 Å². The van der Waals surface area contributed by atoms with Crippen LogP contribution in [0.2, 0.25) is 0 Å². The van der Waals surface area contributed by atoms with Crippen LogP contribution in [-0.2, 0) is 0 Å². The molecule has 1 saturated heterocycles. The van der Waals surface area contributed by atoms with Gasteiger partial charge in [0.05, 0.1) is 7.11 Å². The third-order valence-corrected chi connectivity index (χ3v) is 3.90. The number of nitrogens with zero attached hydrogens (tertiary/aromatic N) is 1. The quantitative estimate of drug-likeness (QED) is 0.864. The second kappa shape index (κ2) is 7.50. The van der Waals surface area contributed by atoms with Gasteiger partial charge in [0.2, 0.25) is 0 Å². The van der Waals surface area contributed by atoms with E-state index in [9.17, 15) is 0 Å². The van der Waals surface area contributed by atoms with Crippen molar-refractivity contribution in [1.82, 2.24) is 10.2 Å². The highest BCUT2D eigenvalue weighted by Gasteiger charge is 2.23. The lowest BCUT2D eigenvalue weighted by molar-refractivity contribution is 0.110. The van der Waals surface area contributed by atoms with Crippen molar-refractivity contribution < 1.29 is 9.47 Å². The monoisotopic (exact) mass is 278 g/mol. The molecule has 0 aliphatic carbocycles. The number of hydrogen-bond acceptors (Lipinski definition) is 4. The lowest BCUT2D eigenvalue weighted by atomic mass is 10.1. The molecule has 0 saturated carbocycles. The van der Waals surface area contributed by atoms with Crippen molar-refractivity contribution in [2.75, 3.05) is 33.4 Å². The number of ether oxygens (including phenoxy) is 2. The van der Waals surface area contributed by atoms with E-state index in [0.717, 1.165) is 31.1 Å². The van der Waals surface area contributed by atoms with E-state index >= 15 is 0 Å². The molecule has 1 aliphatic heterocycles. The van der Waals surface area contributed by atoms with Crippen LogP contribution in [0.4, 0.5) is 0 Å². The molecule has 2 rings (SSSR count). The van der Waals surface area contributed by atoms with E-state index in [1.165, 1.54) is 6.42 Å². The largest absolute Gasteiger partial charge is 0.493 e. The molecule has 0 spiro atoms. The van der Waals surface area contributed by atoms with E-state index in [1.54, 1.807) is 7.11 Å². The van der Waals surface area contributed by atoms with E-state index in [2.05, 4.69) is 24.1 Å². The van der Waals surface area contributed by atoms with Crippen LogP contribution in [0.1, 0.15) is 20.3 Å². The molecule has 0 aromatic heterocycles. The number of rotatable bonds is 6. The predicted octanol–water partition coefficient (Wildman–Crippen LogP) is 2.15. The first-order valence-electron chi connectivity index (χ1n) is 7.47. The molecule has 0 radical (unpaired) electrons. The first-order valence-corrected chi connectivity index (χ1v) is 7.47. The van der Waals surface area contributed by atoms with Gasteiger partial charge in [0.25, 0.3) is 0 Å². The fraction of sp³-hybridized carbons (Fsp3) is 0.625. The van der Waals surface area contributed by atoms with Gasteiger partial charge in [-0.15, -0.1) is 0 Å². The molecule has 0 bridgehead atoms. The maximum absolute atomic E-state index is 5.87. The van der Waals surface area contributed by atoms with Gasteiger partial charge in [0, 0.05) is 31.7 Å². The van der Waals surface area contributed by atoms with Gasteiger partial charge in [-0.2, -0.15) is 0 Å². The Balaban J connectivity index is 1.85. The summed E-state index contributed by atoms with van der Waals surface area (Å²) in [5.41, 5.74) is 0. The fourth-order valence-electron chi connectivity index (χ4n) is 2.72. The minimum Gasteiger partial charge on any atom is -0.493 e. The summed E-state index contributed by atoms with van der Waals surface area (Å²) < 4.78 is 11.2. The second-order valence-corrected chi connectivity index (χ2v) is 5.37. The van der Waals surface area contributed by atoms with E-state index < -0.39 is 0 Å². The zero-order valence-electron chi connectivity index (χ0n) is 12.8. The topological polar surface area (TPSA) is 33.7 Å². The highest BCUT2D eigenvalue weighted by Crippen LogP contribution is 2.25. The molecule has 2 atom stereocenters. The number of benzene rings is 1. The van der Waals surface area contributed by atoms with E-state index in [4.69, 9.17) is 9.47 Å². The minimum atomic E-state index is 0.559. The highest BCUT2D eigenvalue weighted by molar-refractivity contribution is 5.39. The molecule has 4 heteroatoms. The minimum absolute atomic E-state index is 0.559. The van der Waals surface area contributed by atoms with Gasteiger partial charge in [-0.3, -0.25) is 4.90 Å². The lowest BCUT2D eigenvalue weighted by Gasteiger charge is -2.38. The van der Waals surface area contributed by atoms with Crippen LogP contribution in [-0.4, -0.2) is 50.3 Å². The SMILES string of the molecule is CCC1CNC(C)CN1CCOc1ccccc1OC. The fourth-order valence-corrected chi connectivity index (χ4v) is 2.72. The summed E-state index contributed by atoms with van der Waals surface area (Å²) in [7, 11) is 1.67. The normalized spacial score (nSPS) is 23.6. The first kappa shape index (κ1) is 15.1. The Hall–Kier alpha value is -1.26. The van der Waals surface area contributed by atoms with Gasteiger partial charge in [-0.05, 0) is 25.5 Å². The van der Waals surface area contributed by atoms with Crippen molar-refractivity contribution in [3.63, 3.8) is 0 Å². The third-order valence-electron chi connectivity index (χ3n) is 3.90. The van der Waals surface area contributed by atoms with Gasteiger partial charge in [-0.25, -0.2) is 0 Å². The standard InChI is InChI=1S/C16H26N2O2/c1-4-14-11-17-13(2)12-18(14)9-10-20-16-8-6-5-7-15(16)19-3/h5-8,13-14,17H,4,9-12H2,1-3H3. The molecule has 4 nitrogen and oxygen atoms in total. The highest BCUT2D eigenvalue weighted by atomic mass is 16.5. The van der Waals surface area contributed by atoms with Gasteiger partial charge in [-0.1, -0.05) is 19.1 Å². The molecule has 1 fully saturated rings. The molecule has 1 aliphatic rings. The molecule has 112 valence electrons. The average molecular weight is 278 g/mol. The summed E-state index contributed by atoms with van der Waals surface area (Å²) >= 11 is 0. The Morgan fingerprint density at radius 2 is 2.05 bits per heavy atom. The molecule has 1 N–H and O–H groups in total. The number of piperazine rings is 1. The van der Waals surface area contributed by atoms with Crippen molar-refractivity contribution in [2.45, 2.75) is 32.4 Å². The summed E-state index contributed by atoms with van der Waals surface area (Å²) in [4.78, 5) is 2.52. The summed E-state index contributed by atoms with van der Waals surface area (Å²) in [6.07, 6.45) is 1.17. The van der Waals surface area contributed by atoms with Crippen LogP contribution in [0.15, 0.2) is 24.3 Å². The number of methoxy groups -OCH3 is 1. The van der Waals surface area contributed by atoms with Crippen LogP contribution >= 0.6 is 0 Å². The Kier molecular flexibility index (Phi) is 5.68. The average Bonchev–Trinajstić information content (AvgIpc) is 2.48. The Labute approximate surface area is 122 Å². The molecule has 2 unspecified atom stereocenters. The third kappa shape index (κ3) is 3.87. The zero-order valence-corrected chi connectivity index (χ0v) is 12.8. The Morgan fingerprint density at radius 3 is 2.75 bits per heavy atom. The molecule has 20 heavy (non-hydrogen) atoms. The van der Waals surface area contributed by atoms with Crippen LogP contribution in [0.5, 0.6) is 11.5 Å². The molecule has 1 aromatic carbocycles. The molecular weight excluding hydrogens is 252 g/mol. The number of para-hydroxylation sites is 2. The Morgan fingerprint density at radius 1 is 1.30 bits per heavy atom. The van der Waals surface area contributed by atoms with Crippen LogP contribution in [0, 0.1) is 0 Å². The summed E-state index contributed by atoms with van der Waals surface area (Å²) in [6, 6.07) is 8.99. The number of nitrogens with one attached hydrogen (secondary N) is 1. The van der Waals surface area contributed by atoms with Crippen LogP contribution in [0.25, 0.3) is 0 Å². The maximum atomic E-state index is 5.87. The van der Waals surface area contributed by atoms with E-state index in [0.29, 0.717) is 18.7 Å². The van der Waals surface area contributed by atoms with E-state index in [1.807, 2.05) is 24.3 Å². The maximum Gasteiger partial charge on any atom is 0.161 e. The first-order chi connectivity index (χ1) is 9.74. The predicted molar refractivity (Wildman–Crippen MR) is 81.6 cm³/mol. The van der Waals surface area contributed by atoms with Gasteiger partial charge < -0.3 is 14.8 Å². The molecule has 1 aromatic rings. The van der Waals surface area contributed by atoms with Crippen molar-refractivity contribution in [3.05, 3.63) is 24.3 Å². The molecular formula is C16H26N2O2. The van der Waals surface area contributed by atoms with Gasteiger partial charge in [0.15, 0.2) is 11.5 Å². The lowest BCUT2D eigenvalue weighted by Crippen LogP contribution is -2.56. The van der Waals surface area contributed by atoms with Crippen LogP contribution < -0.4 is 14.8 Å². The van der Waals surface area contributed by atoms with Crippen molar-refractivity contribution in [3.8, 4) is 11.5 Å². The number of hydrogen-bond donors (Lipinski definition) is 1. The Bertz CT molecular complexity index is 411. The van der Waals surface area contributed by atoms with Gasteiger partial charge in [0.1, 0.15) is 6.61 Å². The van der Waals surface area contributed by atoms with Gasteiger partial charge >= 0.3 is 0 Å². The summed E-state index contributed by atoms with van der Waals surface area (Å²) in [5.74, 6) is 1.62. The summed E-state index contributed by atoms with van der Waals surface area (Å²) in [6.45, 7) is 8.31.